The number of nitrogens with one attached hydrogen (secondary N) is 1. The van der Waals surface area contributed by atoms with Crippen molar-refractivity contribution < 1.29 is 14.3 Å². The maximum absolute atomic E-state index is 12.3. The lowest BCUT2D eigenvalue weighted by Crippen LogP contribution is -2.51. The van der Waals surface area contributed by atoms with Gasteiger partial charge in [-0.05, 0) is 32.9 Å². The first-order valence-corrected chi connectivity index (χ1v) is 8.04. The molecule has 0 amide bonds. The first kappa shape index (κ1) is 17.6. The van der Waals surface area contributed by atoms with Crippen molar-refractivity contribution in [2.45, 2.75) is 33.0 Å². The second-order valence-corrected chi connectivity index (χ2v) is 5.82. The predicted molar refractivity (Wildman–Crippen MR) is 90.7 cm³/mol. The maximum Gasteiger partial charge on any atom is 0.375 e. The minimum atomic E-state index is -0.464. The minimum absolute atomic E-state index is 0.0127. The smallest absolute Gasteiger partial charge is 0.375 e. The number of para-hydroxylation sites is 1. The van der Waals surface area contributed by atoms with E-state index >= 15 is 0 Å². The van der Waals surface area contributed by atoms with Gasteiger partial charge in [0.1, 0.15) is 0 Å². The molecule has 1 N–H and O–H groups in total. The molecule has 0 aliphatic carbocycles. The molecule has 2 atom stereocenters. The molecule has 0 radical (unpaired) electrons. The van der Waals surface area contributed by atoms with Crippen LogP contribution in [-0.4, -0.2) is 48.6 Å². The van der Waals surface area contributed by atoms with Gasteiger partial charge in [-0.1, -0.05) is 23.7 Å². The molecule has 1 aromatic carbocycles. The van der Waals surface area contributed by atoms with Crippen LogP contribution in [-0.2, 0) is 14.3 Å². The quantitative estimate of drug-likeness (QED) is 0.397. The van der Waals surface area contributed by atoms with Gasteiger partial charge in [-0.3, -0.25) is 5.43 Å². The average molecular weight is 340 g/mol. The van der Waals surface area contributed by atoms with Crippen molar-refractivity contribution in [3.05, 3.63) is 29.3 Å². The predicted octanol–water partition coefficient (Wildman–Crippen LogP) is 2.74. The Labute approximate surface area is 141 Å². The molecule has 1 aromatic rings. The summed E-state index contributed by atoms with van der Waals surface area (Å²) >= 11 is 6.10. The van der Waals surface area contributed by atoms with Crippen molar-refractivity contribution in [1.82, 2.24) is 4.90 Å². The van der Waals surface area contributed by atoms with Crippen LogP contribution in [0, 0.1) is 0 Å². The lowest BCUT2D eigenvalue weighted by Gasteiger charge is -2.36. The molecule has 0 unspecified atom stereocenters. The summed E-state index contributed by atoms with van der Waals surface area (Å²) in [6.07, 6.45) is 0.0254. The van der Waals surface area contributed by atoms with Gasteiger partial charge < -0.3 is 14.4 Å². The van der Waals surface area contributed by atoms with E-state index in [1.165, 1.54) is 0 Å². The highest BCUT2D eigenvalue weighted by Crippen LogP contribution is 2.20. The molecule has 1 aliphatic rings. The van der Waals surface area contributed by atoms with E-state index in [-0.39, 0.29) is 18.0 Å². The van der Waals surface area contributed by atoms with Gasteiger partial charge in [0, 0.05) is 13.1 Å². The summed E-state index contributed by atoms with van der Waals surface area (Å²) in [7, 11) is 0. The van der Waals surface area contributed by atoms with E-state index in [0.717, 1.165) is 0 Å². The molecule has 0 bridgehead atoms. The Morgan fingerprint density at radius 2 is 2.04 bits per heavy atom. The molecule has 126 valence electrons. The topological polar surface area (TPSA) is 63.2 Å². The Morgan fingerprint density at radius 1 is 1.39 bits per heavy atom. The third kappa shape index (κ3) is 4.84. The second kappa shape index (κ2) is 8.17. The summed E-state index contributed by atoms with van der Waals surface area (Å²) < 4.78 is 10.8. The van der Waals surface area contributed by atoms with Crippen LogP contribution < -0.4 is 5.43 Å². The highest BCUT2D eigenvalue weighted by molar-refractivity contribution is 6.35. The van der Waals surface area contributed by atoms with E-state index < -0.39 is 5.97 Å². The Bertz CT molecular complexity index is 569. The van der Waals surface area contributed by atoms with Crippen molar-refractivity contribution in [2.24, 2.45) is 5.10 Å². The fourth-order valence-corrected chi connectivity index (χ4v) is 2.63. The number of halogens is 1. The van der Waals surface area contributed by atoms with E-state index in [0.29, 0.717) is 30.4 Å². The first-order chi connectivity index (χ1) is 11.0. The van der Waals surface area contributed by atoms with Gasteiger partial charge >= 0.3 is 5.97 Å². The van der Waals surface area contributed by atoms with Crippen molar-refractivity contribution in [3.8, 4) is 0 Å². The van der Waals surface area contributed by atoms with E-state index in [2.05, 4.69) is 10.5 Å². The number of hydrazone groups is 1. The SMILES string of the molecule is CCOC(=O)/C(=N\Nc1ccccc1Cl)N1C[C@H](C)O[C@@H](C)C1. The van der Waals surface area contributed by atoms with Gasteiger partial charge in [-0.2, -0.15) is 0 Å². The highest BCUT2D eigenvalue weighted by atomic mass is 35.5. The molecule has 1 heterocycles. The zero-order valence-electron chi connectivity index (χ0n) is 13.6. The Hall–Kier alpha value is -1.79. The molecule has 1 fully saturated rings. The summed E-state index contributed by atoms with van der Waals surface area (Å²) in [5.41, 5.74) is 3.48. The Kier molecular flexibility index (Phi) is 6.24. The second-order valence-electron chi connectivity index (χ2n) is 5.41. The number of esters is 1. The summed E-state index contributed by atoms with van der Waals surface area (Å²) in [4.78, 5) is 14.1. The number of carbonyl (C=O) groups is 1. The molecule has 0 aromatic heterocycles. The molecule has 1 aliphatic heterocycles. The molecule has 0 spiro atoms. The van der Waals surface area contributed by atoms with Gasteiger partial charge in [0.05, 0.1) is 29.5 Å². The zero-order chi connectivity index (χ0) is 16.8. The number of amidine groups is 1. The number of morpholine rings is 1. The van der Waals surface area contributed by atoms with Crippen LogP contribution in [0.5, 0.6) is 0 Å². The van der Waals surface area contributed by atoms with Gasteiger partial charge in [0.15, 0.2) is 0 Å². The van der Waals surface area contributed by atoms with Crippen LogP contribution in [0.1, 0.15) is 20.8 Å². The average Bonchev–Trinajstić information content (AvgIpc) is 2.48. The molecule has 23 heavy (non-hydrogen) atoms. The van der Waals surface area contributed by atoms with E-state index in [1.54, 1.807) is 19.1 Å². The van der Waals surface area contributed by atoms with Crippen LogP contribution in [0.25, 0.3) is 0 Å². The monoisotopic (exact) mass is 339 g/mol. The standard InChI is InChI=1S/C16H22ClN3O3/c1-4-22-16(21)15(20-9-11(2)23-12(3)10-20)19-18-14-8-6-5-7-13(14)17/h5-8,11-12,18H,4,9-10H2,1-3H3/b19-15+/t11-,12-/m0/s1. The normalized spacial score (nSPS) is 21.9. The lowest BCUT2D eigenvalue weighted by atomic mass is 10.2. The highest BCUT2D eigenvalue weighted by Gasteiger charge is 2.29. The van der Waals surface area contributed by atoms with Crippen molar-refractivity contribution in [1.29, 1.82) is 0 Å². The Balaban J connectivity index is 2.21. The van der Waals surface area contributed by atoms with Gasteiger partial charge in [-0.15, -0.1) is 5.10 Å². The summed E-state index contributed by atoms with van der Waals surface area (Å²) in [5, 5.41) is 4.77. The molecule has 7 heteroatoms. The summed E-state index contributed by atoms with van der Waals surface area (Å²) in [6, 6.07) is 7.21. The van der Waals surface area contributed by atoms with E-state index in [9.17, 15) is 4.79 Å². The van der Waals surface area contributed by atoms with Crippen molar-refractivity contribution >= 4 is 29.1 Å². The zero-order valence-corrected chi connectivity index (χ0v) is 14.3. The third-order valence-electron chi connectivity index (χ3n) is 3.33. The third-order valence-corrected chi connectivity index (χ3v) is 3.66. The number of hydrogen-bond acceptors (Lipinski definition) is 5. The maximum atomic E-state index is 12.3. The van der Waals surface area contributed by atoms with E-state index in [1.807, 2.05) is 30.9 Å². The number of nitrogens with zero attached hydrogens (tertiary/aromatic N) is 2. The van der Waals surface area contributed by atoms with Crippen LogP contribution in [0.2, 0.25) is 5.02 Å². The Morgan fingerprint density at radius 3 is 2.65 bits per heavy atom. The van der Waals surface area contributed by atoms with Gasteiger partial charge in [0.25, 0.3) is 0 Å². The fraction of sp³-hybridized carbons (Fsp3) is 0.500. The molecular formula is C16H22ClN3O3. The number of rotatable bonds is 3. The number of hydrogen-bond donors (Lipinski definition) is 1. The molecular weight excluding hydrogens is 318 g/mol. The van der Waals surface area contributed by atoms with Crippen LogP contribution >= 0.6 is 11.6 Å². The van der Waals surface area contributed by atoms with Crippen LogP contribution in [0.15, 0.2) is 29.4 Å². The number of benzene rings is 1. The number of carbonyl (C=O) groups excluding carboxylic acids is 1. The fourth-order valence-electron chi connectivity index (χ4n) is 2.46. The lowest BCUT2D eigenvalue weighted by molar-refractivity contribution is -0.136. The summed E-state index contributed by atoms with van der Waals surface area (Å²) in [5.74, 6) is -0.234. The van der Waals surface area contributed by atoms with Crippen LogP contribution in [0.4, 0.5) is 5.69 Å². The molecule has 6 nitrogen and oxygen atoms in total. The first-order valence-electron chi connectivity index (χ1n) is 7.67. The number of ether oxygens (including phenoxy) is 2. The molecule has 0 saturated carbocycles. The summed E-state index contributed by atoms with van der Waals surface area (Å²) in [6.45, 7) is 7.14. The minimum Gasteiger partial charge on any atom is -0.460 e. The number of anilines is 1. The van der Waals surface area contributed by atoms with E-state index in [4.69, 9.17) is 21.1 Å². The van der Waals surface area contributed by atoms with Gasteiger partial charge in [0.2, 0.25) is 5.84 Å². The van der Waals surface area contributed by atoms with Gasteiger partial charge in [-0.25, -0.2) is 4.79 Å². The van der Waals surface area contributed by atoms with Crippen molar-refractivity contribution in [2.75, 3.05) is 25.1 Å². The van der Waals surface area contributed by atoms with Crippen LogP contribution in [0.3, 0.4) is 0 Å². The van der Waals surface area contributed by atoms with Crippen molar-refractivity contribution in [3.63, 3.8) is 0 Å². The molecule has 2 rings (SSSR count). The molecule has 1 saturated heterocycles. The largest absolute Gasteiger partial charge is 0.460 e.